The zero-order chi connectivity index (χ0) is 16.5. The lowest BCUT2D eigenvalue weighted by atomic mass is 10.0. The molecule has 1 saturated heterocycles. The SMILES string of the molecule is N#CCCC(C#N)CN1CCN(CC(O)c2ccccc2)CC1. The van der Waals surface area contributed by atoms with Gasteiger partial charge in [0.05, 0.1) is 24.2 Å². The van der Waals surface area contributed by atoms with Crippen molar-refractivity contribution in [3.63, 3.8) is 0 Å². The van der Waals surface area contributed by atoms with Gasteiger partial charge in [0, 0.05) is 45.7 Å². The second-order valence-electron chi connectivity index (χ2n) is 6.05. The maximum Gasteiger partial charge on any atom is 0.0916 e. The van der Waals surface area contributed by atoms with Gasteiger partial charge in [-0.05, 0) is 12.0 Å². The van der Waals surface area contributed by atoms with Gasteiger partial charge in [0.25, 0.3) is 0 Å². The molecule has 5 nitrogen and oxygen atoms in total. The van der Waals surface area contributed by atoms with Crippen LogP contribution in [0.25, 0.3) is 0 Å². The first-order valence-corrected chi connectivity index (χ1v) is 8.17. The van der Waals surface area contributed by atoms with Crippen LogP contribution in [0, 0.1) is 28.6 Å². The number of aliphatic hydroxyl groups is 1. The summed E-state index contributed by atoms with van der Waals surface area (Å²) in [4.78, 5) is 4.56. The fraction of sp³-hybridized carbons (Fsp3) is 0.556. The highest BCUT2D eigenvalue weighted by Crippen LogP contribution is 2.16. The smallest absolute Gasteiger partial charge is 0.0916 e. The van der Waals surface area contributed by atoms with Crippen LogP contribution >= 0.6 is 0 Å². The Labute approximate surface area is 138 Å². The Bertz CT molecular complexity index is 540. The molecule has 2 unspecified atom stereocenters. The summed E-state index contributed by atoms with van der Waals surface area (Å²) in [5.41, 5.74) is 0.955. The van der Waals surface area contributed by atoms with Crippen molar-refractivity contribution in [2.45, 2.75) is 18.9 Å². The van der Waals surface area contributed by atoms with Gasteiger partial charge in [-0.15, -0.1) is 0 Å². The Morgan fingerprint density at radius 3 is 2.17 bits per heavy atom. The molecular weight excluding hydrogens is 288 g/mol. The number of benzene rings is 1. The van der Waals surface area contributed by atoms with Gasteiger partial charge in [0.15, 0.2) is 0 Å². The van der Waals surface area contributed by atoms with Crippen molar-refractivity contribution in [2.24, 2.45) is 5.92 Å². The summed E-state index contributed by atoms with van der Waals surface area (Å²) in [6, 6.07) is 14.2. The molecule has 0 saturated carbocycles. The van der Waals surface area contributed by atoms with Crippen LogP contribution in [-0.2, 0) is 0 Å². The fourth-order valence-electron chi connectivity index (χ4n) is 2.93. The lowest BCUT2D eigenvalue weighted by Gasteiger charge is -2.36. The standard InChI is InChI=1S/C18H24N4O/c19-8-4-5-16(13-20)14-21-9-11-22(12-10-21)15-18(23)17-6-2-1-3-7-17/h1-3,6-7,16,18,23H,4-5,9-12,14-15H2. The van der Waals surface area contributed by atoms with Crippen molar-refractivity contribution in [2.75, 3.05) is 39.3 Å². The highest BCUT2D eigenvalue weighted by atomic mass is 16.3. The predicted octanol–water partition coefficient (Wildman–Crippen LogP) is 1.78. The van der Waals surface area contributed by atoms with Gasteiger partial charge in [0.2, 0.25) is 0 Å². The molecule has 122 valence electrons. The van der Waals surface area contributed by atoms with E-state index in [2.05, 4.69) is 21.9 Å². The number of hydrogen-bond donors (Lipinski definition) is 1. The molecule has 0 bridgehead atoms. The molecule has 0 radical (unpaired) electrons. The minimum atomic E-state index is -0.453. The summed E-state index contributed by atoms with van der Waals surface area (Å²) < 4.78 is 0. The Kier molecular flexibility index (Phi) is 7.03. The molecule has 1 fully saturated rings. The first kappa shape index (κ1) is 17.4. The Morgan fingerprint density at radius 2 is 1.61 bits per heavy atom. The van der Waals surface area contributed by atoms with E-state index < -0.39 is 6.10 Å². The van der Waals surface area contributed by atoms with E-state index in [0.717, 1.165) is 38.3 Å². The van der Waals surface area contributed by atoms with E-state index >= 15 is 0 Å². The van der Waals surface area contributed by atoms with E-state index in [1.165, 1.54) is 0 Å². The molecular formula is C18H24N4O. The number of rotatable bonds is 7. The van der Waals surface area contributed by atoms with Crippen LogP contribution in [0.5, 0.6) is 0 Å². The summed E-state index contributed by atoms with van der Waals surface area (Å²) in [7, 11) is 0. The van der Waals surface area contributed by atoms with Gasteiger partial charge in [-0.2, -0.15) is 10.5 Å². The second kappa shape index (κ2) is 9.27. The molecule has 0 aliphatic carbocycles. The maximum atomic E-state index is 10.3. The molecule has 0 aromatic heterocycles. The van der Waals surface area contributed by atoms with Crippen molar-refractivity contribution in [1.82, 2.24) is 9.80 Å². The predicted molar refractivity (Wildman–Crippen MR) is 88.2 cm³/mol. The van der Waals surface area contributed by atoms with Gasteiger partial charge in [0.1, 0.15) is 0 Å². The summed E-state index contributed by atoms with van der Waals surface area (Å²) in [6.45, 7) is 5.01. The van der Waals surface area contributed by atoms with Crippen LogP contribution in [0.2, 0.25) is 0 Å². The van der Waals surface area contributed by atoms with E-state index in [0.29, 0.717) is 19.4 Å². The Balaban J connectivity index is 1.73. The average molecular weight is 312 g/mol. The molecule has 2 rings (SSSR count). The molecule has 0 spiro atoms. The minimum Gasteiger partial charge on any atom is -0.387 e. The van der Waals surface area contributed by atoms with Crippen molar-refractivity contribution in [3.05, 3.63) is 35.9 Å². The monoisotopic (exact) mass is 312 g/mol. The number of aliphatic hydroxyl groups excluding tert-OH is 1. The molecule has 5 heteroatoms. The zero-order valence-electron chi connectivity index (χ0n) is 13.4. The van der Waals surface area contributed by atoms with Gasteiger partial charge >= 0.3 is 0 Å². The fourth-order valence-corrected chi connectivity index (χ4v) is 2.93. The van der Waals surface area contributed by atoms with Gasteiger partial charge in [-0.1, -0.05) is 30.3 Å². The normalized spacial score (nSPS) is 18.7. The lowest BCUT2D eigenvalue weighted by Crippen LogP contribution is -2.48. The molecule has 23 heavy (non-hydrogen) atoms. The van der Waals surface area contributed by atoms with Crippen LogP contribution in [0.1, 0.15) is 24.5 Å². The van der Waals surface area contributed by atoms with Crippen LogP contribution in [0.4, 0.5) is 0 Å². The topological polar surface area (TPSA) is 74.3 Å². The third kappa shape index (κ3) is 5.65. The Morgan fingerprint density at radius 1 is 1.00 bits per heavy atom. The maximum absolute atomic E-state index is 10.3. The number of β-amino-alcohol motifs (C(OH)–C–C–N with tert-alkyl or cyclic N) is 1. The summed E-state index contributed by atoms with van der Waals surface area (Å²) in [5, 5.41) is 28.1. The van der Waals surface area contributed by atoms with E-state index in [9.17, 15) is 5.11 Å². The lowest BCUT2D eigenvalue weighted by molar-refractivity contribution is 0.0692. The number of nitrogens with zero attached hydrogens (tertiary/aromatic N) is 4. The molecule has 1 aromatic rings. The third-order valence-electron chi connectivity index (χ3n) is 4.35. The first-order valence-electron chi connectivity index (χ1n) is 8.17. The number of piperazine rings is 1. The van der Waals surface area contributed by atoms with Crippen molar-refractivity contribution in [3.8, 4) is 12.1 Å². The van der Waals surface area contributed by atoms with E-state index in [4.69, 9.17) is 10.5 Å². The quantitative estimate of drug-likeness (QED) is 0.831. The zero-order valence-corrected chi connectivity index (χ0v) is 13.4. The van der Waals surface area contributed by atoms with Crippen LogP contribution in [-0.4, -0.2) is 54.2 Å². The number of hydrogen-bond acceptors (Lipinski definition) is 5. The van der Waals surface area contributed by atoms with E-state index in [1.807, 2.05) is 30.3 Å². The molecule has 1 aromatic carbocycles. The molecule has 1 aliphatic heterocycles. The van der Waals surface area contributed by atoms with Gasteiger partial charge in [-0.25, -0.2) is 0 Å². The van der Waals surface area contributed by atoms with Crippen LogP contribution in [0.3, 0.4) is 0 Å². The van der Waals surface area contributed by atoms with Crippen LogP contribution in [0.15, 0.2) is 30.3 Å². The van der Waals surface area contributed by atoms with Crippen molar-refractivity contribution >= 4 is 0 Å². The van der Waals surface area contributed by atoms with E-state index in [1.54, 1.807) is 0 Å². The van der Waals surface area contributed by atoms with Crippen molar-refractivity contribution in [1.29, 1.82) is 10.5 Å². The summed E-state index contributed by atoms with van der Waals surface area (Å²) >= 11 is 0. The minimum absolute atomic E-state index is 0.0592. The molecule has 1 aliphatic rings. The third-order valence-corrected chi connectivity index (χ3v) is 4.35. The summed E-state index contributed by atoms with van der Waals surface area (Å²) in [5.74, 6) is -0.0592. The molecule has 1 heterocycles. The number of nitriles is 2. The van der Waals surface area contributed by atoms with Gasteiger partial charge < -0.3 is 5.11 Å². The Hall–Kier alpha value is -1.92. The second-order valence-corrected chi connectivity index (χ2v) is 6.05. The van der Waals surface area contributed by atoms with Crippen molar-refractivity contribution < 1.29 is 5.11 Å². The van der Waals surface area contributed by atoms with E-state index in [-0.39, 0.29) is 5.92 Å². The molecule has 0 amide bonds. The molecule has 2 atom stereocenters. The average Bonchev–Trinajstić information content (AvgIpc) is 2.60. The van der Waals surface area contributed by atoms with Crippen LogP contribution < -0.4 is 0 Å². The highest BCUT2D eigenvalue weighted by Gasteiger charge is 2.21. The first-order chi connectivity index (χ1) is 11.2. The summed E-state index contributed by atoms with van der Waals surface area (Å²) in [6.07, 6.45) is 0.645. The highest BCUT2D eigenvalue weighted by molar-refractivity contribution is 5.17. The largest absolute Gasteiger partial charge is 0.387 e. The van der Waals surface area contributed by atoms with Gasteiger partial charge in [-0.3, -0.25) is 9.80 Å². The molecule has 1 N–H and O–H groups in total.